The van der Waals surface area contributed by atoms with Crippen LogP contribution in [0, 0.1) is 6.92 Å². The number of carbonyl (C=O) groups is 2. The zero-order valence-corrected chi connectivity index (χ0v) is 15.5. The highest BCUT2D eigenvalue weighted by molar-refractivity contribution is 6.12. The molecule has 2 aromatic heterocycles. The number of amides is 2. The Morgan fingerprint density at radius 1 is 1.30 bits per heavy atom. The Balaban J connectivity index is 1.63. The van der Waals surface area contributed by atoms with E-state index in [9.17, 15) is 22.8 Å². The summed E-state index contributed by atoms with van der Waals surface area (Å²) in [6.45, 7) is 1.57. The number of oxazole rings is 1. The number of carbonyl (C=O) groups excluding carboxylic acids is 2. The smallest absolute Gasteiger partial charge is 0.416 e. The number of alkyl halides is 3. The molecular formula is C18H15F3N6O3. The summed E-state index contributed by atoms with van der Waals surface area (Å²) in [5, 5.41) is 6.59. The predicted octanol–water partition coefficient (Wildman–Crippen LogP) is 2.57. The van der Waals surface area contributed by atoms with Crippen LogP contribution in [-0.4, -0.2) is 33.1 Å². The maximum absolute atomic E-state index is 13.1. The van der Waals surface area contributed by atoms with E-state index in [-0.39, 0.29) is 29.3 Å². The van der Waals surface area contributed by atoms with E-state index in [0.29, 0.717) is 5.89 Å². The molecule has 1 aliphatic heterocycles. The topological polar surface area (TPSA) is 119 Å². The third-order valence-electron chi connectivity index (χ3n) is 4.53. The molecule has 4 rings (SSSR count). The molecule has 0 saturated heterocycles. The Morgan fingerprint density at radius 2 is 2.00 bits per heavy atom. The van der Waals surface area contributed by atoms with Crippen molar-refractivity contribution in [2.75, 3.05) is 16.8 Å². The van der Waals surface area contributed by atoms with Crippen LogP contribution in [0.15, 0.2) is 41.1 Å². The molecule has 1 atom stereocenters. The average molecular weight is 420 g/mol. The van der Waals surface area contributed by atoms with Gasteiger partial charge in [0.2, 0.25) is 0 Å². The SMILES string of the molecule is Cc1nc(C(=O)Nc2cnn3c2C(=O)N(c2ccc(C(F)(F)F)cc2)CC3N)co1. The summed E-state index contributed by atoms with van der Waals surface area (Å²) >= 11 is 0. The lowest BCUT2D eigenvalue weighted by Crippen LogP contribution is -2.46. The Labute approximate surface area is 167 Å². The molecule has 12 heteroatoms. The minimum atomic E-state index is -4.49. The number of halogens is 3. The van der Waals surface area contributed by atoms with Gasteiger partial charge < -0.3 is 20.4 Å². The van der Waals surface area contributed by atoms with Gasteiger partial charge in [0.15, 0.2) is 17.3 Å². The number of hydrogen-bond acceptors (Lipinski definition) is 6. The number of nitrogens with two attached hydrogens (primary N) is 1. The van der Waals surface area contributed by atoms with Crippen LogP contribution in [0.3, 0.4) is 0 Å². The molecule has 1 aliphatic rings. The van der Waals surface area contributed by atoms with Crippen LogP contribution < -0.4 is 16.0 Å². The highest BCUT2D eigenvalue weighted by Crippen LogP contribution is 2.33. The van der Waals surface area contributed by atoms with E-state index in [2.05, 4.69) is 15.4 Å². The maximum atomic E-state index is 13.1. The van der Waals surface area contributed by atoms with Gasteiger partial charge in [-0.15, -0.1) is 0 Å². The molecule has 1 aromatic carbocycles. The van der Waals surface area contributed by atoms with E-state index >= 15 is 0 Å². The molecule has 3 N–H and O–H groups in total. The second kappa shape index (κ2) is 6.99. The first-order valence-electron chi connectivity index (χ1n) is 8.71. The molecule has 0 radical (unpaired) electrons. The summed E-state index contributed by atoms with van der Waals surface area (Å²) in [6.07, 6.45) is -2.81. The zero-order chi connectivity index (χ0) is 21.6. The second-order valence-electron chi connectivity index (χ2n) is 6.59. The molecular weight excluding hydrogens is 405 g/mol. The van der Waals surface area contributed by atoms with Crippen molar-refractivity contribution < 1.29 is 27.2 Å². The normalized spacial score (nSPS) is 16.5. The maximum Gasteiger partial charge on any atom is 0.416 e. The van der Waals surface area contributed by atoms with Crippen LogP contribution in [-0.2, 0) is 6.18 Å². The first kappa shape index (κ1) is 19.6. The average Bonchev–Trinajstić information content (AvgIpc) is 3.31. The quantitative estimate of drug-likeness (QED) is 0.672. The zero-order valence-electron chi connectivity index (χ0n) is 15.5. The highest BCUT2D eigenvalue weighted by Gasteiger charge is 2.35. The first-order valence-corrected chi connectivity index (χ1v) is 8.71. The Bertz CT molecular complexity index is 1120. The number of anilines is 2. The van der Waals surface area contributed by atoms with E-state index in [1.165, 1.54) is 34.2 Å². The Morgan fingerprint density at radius 3 is 2.60 bits per heavy atom. The van der Waals surface area contributed by atoms with Crippen LogP contribution in [0.25, 0.3) is 0 Å². The van der Waals surface area contributed by atoms with Gasteiger partial charge in [0.25, 0.3) is 11.8 Å². The van der Waals surface area contributed by atoms with Gasteiger partial charge in [-0.05, 0) is 24.3 Å². The predicted molar refractivity (Wildman–Crippen MR) is 97.8 cm³/mol. The van der Waals surface area contributed by atoms with Gasteiger partial charge in [0.05, 0.1) is 24.0 Å². The molecule has 30 heavy (non-hydrogen) atoms. The van der Waals surface area contributed by atoms with E-state index in [1.54, 1.807) is 6.92 Å². The molecule has 156 valence electrons. The fourth-order valence-corrected chi connectivity index (χ4v) is 3.10. The van der Waals surface area contributed by atoms with Crippen LogP contribution in [0.4, 0.5) is 24.5 Å². The summed E-state index contributed by atoms with van der Waals surface area (Å²) in [6, 6.07) is 4.15. The number of aryl methyl sites for hydroxylation is 1. The van der Waals surface area contributed by atoms with Crippen molar-refractivity contribution in [2.45, 2.75) is 19.3 Å². The van der Waals surface area contributed by atoms with Crippen molar-refractivity contribution in [3.05, 3.63) is 59.6 Å². The van der Waals surface area contributed by atoms with Gasteiger partial charge in [-0.1, -0.05) is 0 Å². The summed E-state index contributed by atoms with van der Waals surface area (Å²) in [7, 11) is 0. The molecule has 0 fully saturated rings. The van der Waals surface area contributed by atoms with Gasteiger partial charge >= 0.3 is 6.18 Å². The molecule has 0 bridgehead atoms. The number of rotatable bonds is 3. The second-order valence-corrected chi connectivity index (χ2v) is 6.59. The lowest BCUT2D eigenvalue weighted by molar-refractivity contribution is -0.137. The molecule has 3 aromatic rings. The van der Waals surface area contributed by atoms with Crippen LogP contribution in [0.2, 0.25) is 0 Å². The van der Waals surface area contributed by atoms with Crippen molar-refractivity contribution in [1.82, 2.24) is 14.8 Å². The minimum Gasteiger partial charge on any atom is -0.448 e. The number of aromatic nitrogens is 3. The first-order chi connectivity index (χ1) is 14.1. The fraction of sp³-hybridized carbons (Fsp3) is 0.222. The monoisotopic (exact) mass is 420 g/mol. The van der Waals surface area contributed by atoms with Gasteiger partial charge in [-0.3, -0.25) is 9.59 Å². The summed E-state index contributed by atoms with van der Waals surface area (Å²) in [5.74, 6) is -0.889. The summed E-state index contributed by atoms with van der Waals surface area (Å²) in [5.41, 5.74) is 5.60. The lowest BCUT2D eigenvalue weighted by atomic mass is 10.1. The van der Waals surface area contributed by atoms with Gasteiger partial charge in [0.1, 0.15) is 12.4 Å². The van der Waals surface area contributed by atoms with E-state index in [0.717, 1.165) is 12.1 Å². The van der Waals surface area contributed by atoms with Crippen molar-refractivity contribution >= 4 is 23.2 Å². The molecule has 2 amide bonds. The number of hydrogen-bond donors (Lipinski definition) is 2. The number of nitrogens with one attached hydrogen (secondary N) is 1. The third kappa shape index (κ3) is 3.41. The van der Waals surface area contributed by atoms with E-state index in [4.69, 9.17) is 10.2 Å². The summed E-state index contributed by atoms with van der Waals surface area (Å²) < 4.78 is 44.7. The molecule has 3 heterocycles. The van der Waals surface area contributed by atoms with Gasteiger partial charge in [-0.25, -0.2) is 9.67 Å². The molecule has 0 aliphatic carbocycles. The van der Waals surface area contributed by atoms with E-state index in [1.807, 2.05) is 0 Å². The van der Waals surface area contributed by atoms with Crippen molar-refractivity contribution in [3.8, 4) is 0 Å². The molecule has 1 unspecified atom stereocenters. The summed E-state index contributed by atoms with van der Waals surface area (Å²) in [4.78, 5) is 30.5. The number of fused-ring (bicyclic) bond motifs is 1. The Kier molecular flexibility index (Phi) is 4.57. The fourth-order valence-electron chi connectivity index (χ4n) is 3.10. The number of benzene rings is 1. The van der Waals surface area contributed by atoms with Crippen LogP contribution in [0.1, 0.15) is 38.6 Å². The van der Waals surface area contributed by atoms with E-state index < -0.39 is 29.7 Å². The van der Waals surface area contributed by atoms with Gasteiger partial charge in [0, 0.05) is 12.6 Å². The highest BCUT2D eigenvalue weighted by atomic mass is 19.4. The van der Waals surface area contributed by atoms with Crippen molar-refractivity contribution in [2.24, 2.45) is 5.73 Å². The number of nitrogens with zero attached hydrogens (tertiary/aromatic N) is 4. The lowest BCUT2D eigenvalue weighted by Gasteiger charge is -2.32. The third-order valence-corrected chi connectivity index (χ3v) is 4.53. The van der Waals surface area contributed by atoms with Crippen molar-refractivity contribution in [1.29, 1.82) is 0 Å². The Hall–Kier alpha value is -3.67. The minimum absolute atomic E-state index is 0.00205. The van der Waals surface area contributed by atoms with Crippen LogP contribution in [0.5, 0.6) is 0 Å². The molecule has 0 saturated carbocycles. The molecule has 9 nitrogen and oxygen atoms in total. The molecule has 0 spiro atoms. The largest absolute Gasteiger partial charge is 0.448 e. The van der Waals surface area contributed by atoms with Crippen LogP contribution >= 0.6 is 0 Å². The standard InChI is InChI=1S/C18H15F3N6O3/c1-9-24-13(8-30-9)16(28)25-12-6-23-27-14(22)7-26(17(29)15(12)27)11-4-2-10(3-5-11)18(19,20)21/h2-6,8,14H,7,22H2,1H3,(H,25,28). The van der Waals surface area contributed by atoms with Crippen molar-refractivity contribution in [3.63, 3.8) is 0 Å². The van der Waals surface area contributed by atoms with Gasteiger partial charge in [-0.2, -0.15) is 18.3 Å².